The molecule has 4 unspecified atom stereocenters. The molecule has 546 valence electrons. The van der Waals surface area contributed by atoms with E-state index in [1.165, 1.54) is 18.2 Å². The van der Waals surface area contributed by atoms with Gasteiger partial charge in [0, 0.05) is 104 Å². The zero-order valence-corrected chi connectivity index (χ0v) is 59.2. The van der Waals surface area contributed by atoms with Gasteiger partial charge in [0.1, 0.15) is 48.4 Å². The summed E-state index contributed by atoms with van der Waals surface area (Å²) in [4.78, 5) is 99.2. The van der Waals surface area contributed by atoms with Crippen LogP contribution in [-0.4, -0.2) is 173 Å². The topological polar surface area (TPSA) is 337 Å². The van der Waals surface area contributed by atoms with E-state index in [-0.39, 0.29) is 158 Å². The van der Waals surface area contributed by atoms with E-state index >= 15 is 0 Å². The molecule has 25 nitrogen and oxygen atoms in total. The Kier molecular flexibility index (Phi) is 38.5. The predicted molar refractivity (Wildman–Crippen MR) is 385 cm³/mol. The molecule has 0 saturated heterocycles. The van der Waals surface area contributed by atoms with Gasteiger partial charge in [-0.1, -0.05) is 82.8 Å². The molecular formula is C72H90Cl4N10O15. The summed E-state index contributed by atoms with van der Waals surface area (Å²) in [7, 11) is 0. The zero-order chi connectivity index (χ0) is 72.2. The van der Waals surface area contributed by atoms with Crippen molar-refractivity contribution in [1.82, 2.24) is 41.9 Å². The van der Waals surface area contributed by atoms with Crippen molar-refractivity contribution in [2.24, 2.45) is 0 Å². The van der Waals surface area contributed by atoms with Crippen molar-refractivity contribution in [1.29, 1.82) is 0 Å². The lowest BCUT2D eigenvalue weighted by molar-refractivity contribution is -0.138. The second-order valence-corrected chi connectivity index (χ2v) is 24.9. The monoisotopic (exact) mass is 1470 g/mol. The summed E-state index contributed by atoms with van der Waals surface area (Å²) in [5, 5.41) is 44.3. The van der Waals surface area contributed by atoms with Crippen molar-refractivity contribution in [3.05, 3.63) is 176 Å². The summed E-state index contributed by atoms with van der Waals surface area (Å²) in [5.41, 5.74) is 2.50. The van der Waals surface area contributed by atoms with Gasteiger partial charge in [-0.05, 0) is 139 Å². The van der Waals surface area contributed by atoms with Crippen LogP contribution in [0.5, 0.6) is 11.5 Å². The number of aromatic nitrogens is 2. The van der Waals surface area contributed by atoms with Gasteiger partial charge in [0.05, 0.1) is 71.4 Å². The highest BCUT2D eigenvalue weighted by atomic mass is 35.5. The van der Waals surface area contributed by atoms with Crippen LogP contribution in [0.25, 0.3) is 0 Å². The van der Waals surface area contributed by atoms with Crippen LogP contribution in [0, 0.1) is 0 Å². The van der Waals surface area contributed by atoms with Gasteiger partial charge in [-0.25, -0.2) is 9.97 Å². The lowest BCUT2D eigenvalue weighted by Gasteiger charge is -2.24. The van der Waals surface area contributed by atoms with Crippen molar-refractivity contribution in [2.75, 3.05) is 109 Å². The molecule has 29 heteroatoms. The van der Waals surface area contributed by atoms with E-state index in [1.54, 1.807) is 67.0 Å². The fourth-order valence-electron chi connectivity index (χ4n) is 10.0. The molecule has 0 aliphatic rings. The molecule has 0 bridgehead atoms. The largest absolute Gasteiger partial charge is 0.491 e. The van der Waals surface area contributed by atoms with E-state index in [0.717, 1.165) is 17.2 Å². The van der Waals surface area contributed by atoms with E-state index in [9.17, 15) is 43.8 Å². The van der Waals surface area contributed by atoms with Crippen LogP contribution in [0.15, 0.2) is 134 Å². The first kappa shape index (κ1) is 81.6. The second-order valence-electron chi connectivity index (χ2n) is 23.1. The number of aliphatic carboxylic acids is 1. The number of aliphatic hydroxyl groups is 1. The van der Waals surface area contributed by atoms with E-state index in [4.69, 9.17) is 74.8 Å². The minimum Gasteiger partial charge on any atom is -0.491 e. The molecule has 2 heterocycles. The minimum atomic E-state index is -1.16. The third-order valence-corrected chi connectivity index (χ3v) is 16.0. The number of pyridine rings is 2. The Bertz CT molecular complexity index is 3430. The Morgan fingerprint density at radius 2 is 0.822 bits per heavy atom. The highest BCUT2D eigenvalue weighted by Crippen LogP contribution is 2.28. The number of carboxylic acids is 1. The van der Waals surface area contributed by atoms with E-state index in [0.29, 0.717) is 83.6 Å². The van der Waals surface area contributed by atoms with Gasteiger partial charge in [-0.2, -0.15) is 0 Å². The van der Waals surface area contributed by atoms with Crippen LogP contribution >= 0.6 is 46.4 Å². The standard InChI is InChI=1S/C72H90Cl4N10O15/c73-54-43-52(44-55(74)47-54)60(23-30-87)85-71(94)62(83-68(90)11-3-7-26-79-64-9-1-5-24-77-64)41-50-13-17-58(18-14-50)100-39-37-98-35-33-96-31-28-81-66(88)21-22-67(89)82-29-32-97-34-36-99-38-40-101-59-19-15-51(16-20-59)42-63(84-69(91)12-4-8-27-80-65-10-2-6-25-78-65)72(95)86-61(49-70(92)93)53-45-56(75)48-57(76)46-53/h1-2,5-6,9-10,13-20,24-25,43-48,60-63,87H,3-4,7-8,11-12,21-23,26-42,49H2,(H,77,79)(H,78,80)(H,81,88)(H,82,89)(H,83,90)(H,84,91)(H,85,94)(H,86,95)(H,92,93). The maximum atomic E-state index is 13.9. The average Bonchev–Trinajstić information content (AvgIpc) is 0.859. The molecule has 10 N–H and O–H groups in total. The van der Waals surface area contributed by atoms with Gasteiger partial charge in [0.25, 0.3) is 0 Å². The molecule has 0 aliphatic carbocycles. The van der Waals surface area contributed by atoms with E-state index in [2.05, 4.69) is 52.5 Å². The number of carbonyl (C=O) groups is 7. The van der Waals surface area contributed by atoms with Gasteiger partial charge in [-0.3, -0.25) is 33.6 Å². The number of carbonyl (C=O) groups excluding carboxylic acids is 6. The summed E-state index contributed by atoms with van der Waals surface area (Å²) in [6, 6.07) is 31.2. The summed E-state index contributed by atoms with van der Waals surface area (Å²) in [6.07, 6.45) is 6.28. The summed E-state index contributed by atoms with van der Waals surface area (Å²) in [5.74, 6) is -0.785. The number of nitrogens with zero attached hydrogens (tertiary/aromatic N) is 2. The first-order valence-corrected chi connectivity index (χ1v) is 35.0. The van der Waals surface area contributed by atoms with Gasteiger partial charge < -0.3 is 81.2 Å². The molecule has 0 spiro atoms. The molecule has 0 aliphatic heterocycles. The van der Waals surface area contributed by atoms with Crippen LogP contribution in [-0.2, 0) is 65.4 Å². The molecule has 6 amide bonds. The second kappa shape index (κ2) is 47.7. The first-order valence-electron chi connectivity index (χ1n) is 33.5. The molecule has 4 aromatic carbocycles. The molecular weight excluding hydrogens is 1390 g/mol. The number of ether oxygens (including phenoxy) is 6. The number of amides is 6. The fraction of sp³-hybridized carbons (Fsp3) is 0.431. The predicted octanol–water partition coefficient (Wildman–Crippen LogP) is 8.82. The van der Waals surface area contributed by atoms with Gasteiger partial charge in [-0.15, -0.1) is 0 Å². The minimum absolute atomic E-state index is 0.00317. The highest BCUT2D eigenvalue weighted by molar-refractivity contribution is 6.35. The number of hydrogen-bond donors (Lipinski definition) is 10. The van der Waals surface area contributed by atoms with Gasteiger partial charge in [0.2, 0.25) is 35.4 Å². The average molecular weight is 1480 g/mol. The number of anilines is 2. The summed E-state index contributed by atoms with van der Waals surface area (Å²) >= 11 is 25.0. The molecule has 0 saturated carbocycles. The Morgan fingerprint density at radius 1 is 0.426 bits per heavy atom. The fourth-order valence-corrected chi connectivity index (χ4v) is 11.1. The molecule has 0 radical (unpaired) electrons. The lowest BCUT2D eigenvalue weighted by Crippen LogP contribution is -2.49. The SMILES string of the molecule is O=C(O)CC(NC(=O)C(Cc1ccc(OCCOCCOCCNC(=O)CCC(=O)NCCOCCOCCOc2ccc(CC(NC(=O)CCCCNc3ccccn3)C(=O)NC(CCO)c3cc(Cl)cc(Cl)c3)cc2)cc1)NC(=O)CCCCNc1ccccn1)c1cc(Cl)cc(Cl)c1. The molecule has 101 heavy (non-hydrogen) atoms. The Hall–Kier alpha value is -8.37. The summed E-state index contributed by atoms with van der Waals surface area (Å²) in [6.45, 7) is 4.19. The number of rotatable bonds is 51. The van der Waals surface area contributed by atoms with Crippen molar-refractivity contribution >= 4 is 99.5 Å². The van der Waals surface area contributed by atoms with E-state index < -0.39 is 48.4 Å². The Balaban J connectivity index is 0.774. The molecule has 4 atom stereocenters. The molecule has 6 rings (SSSR count). The lowest BCUT2D eigenvalue weighted by atomic mass is 10.0. The zero-order valence-electron chi connectivity index (χ0n) is 56.2. The maximum Gasteiger partial charge on any atom is 0.305 e. The number of benzene rings is 4. The van der Waals surface area contributed by atoms with Crippen LogP contribution in [0.3, 0.4) is 0 Å². The number of halogens is 4. The first-order chi connectivity index (χ1) is 49.0. The number of carboxylic acid groups (broad SMARTS) is 1. The van der Waals surface area contributed by atoms with Crippen molar-refractivity contribution in [2.45, 2.75) is 101 Å². The Labute approximate surface area is 608 Å². The maximum absolute atomic E-state index is 13.9. The van der Waals surface area contributed by atoms with Crippen LogP contribution < -0.4 is 52.0 Å². The van der Waals surface area contributed by atoms with Crippen LogP contribution in [0.2, 0.25) is 20.1 Å². The van der Waals surface area contributed by atoms with Crippen LogP contribution in [0.1, 0.15) is 98.5 Å². The third-order valence-electron chi connectivity index (χ3n) is 15.1. The van der Waals surface area contributed by atoms with E-state index in [1.807, 2.05) is 48.5 Å². The molecule has 6 aromatic rings. The summed E-state index contributed by atoms with van der Waals surface area (Å²) < 4.78 is 34.1. The highest BCUT2D eigenvalue weighted by Gasteiger charge is 2.28. The third kappa shape index (κ3) is 34.7. The molecule has 2 aromatic heterocycles. The van der Waals surface area contributed by atoms with Crippen molar-refractivity contribution in [3.63, 3.8) is 0 Å². The molecule has 0 fully saturated rings. The number of aliphatic hydroxyl groups excluding tert-OH is 1. The normalized spacial score (nSPS) is 12.2. The van der Waals surface area contributed by atoms with Crippen molar-refractivity contribution < 1.29 is 72.2 Å². The quantitative estimate of drug-likeness (QED) is 0.0159. The number of unbranched alkanes of at least 4 members (excludes halogenated alkanes) is 2. The Morgan fingerprint density at radius 3 is 1.22 bits per heavy atom. The van der Waals surface area contributed by atoms with Gasteiger partial charge >= 0.3 is 5.97 Å². The van der Waals surface area contributed by atoms with Crippen LogP contribution in [0.4, 0.5) is 11.6 Å². The smallest absolute Gasteiger partial charge is 0.305 e. The number of hydrogen-bond acceptors (Lipinski definition) is 18. The van der Waals surface area contributed by atoms with Crippen molar-refractivity contribution in [3.8, 4) is 11.5 Å². The number of nitrogens with one attached hydrogen (secondary N) is 8. The van der Waals surface area contributed by atoms with Gasteiger partial charge in [0.15, 0.2) is 0 Å².